The van der Waals surface area contributed by atoms with E-state index in [4.69, 9.17) is 15.2 Å². The van der Waals surface area contributed by atoms with Gasteiger partial charge in [0, 0.05) is 12.8 Å². The molecular formula is C13H18N2O3. The summed E-state index contributed by atoms with van der Waals surface area (Å²) in [6.07, 6.45) is 0.217. The number of carbonyl (C=O) groups excluding carboxylic acids is 1. The van der Waals surface area contributed by atoms with Crippen LogP contribution in [0.2, 0.25) is 0 Å². The number of anilines is 1. The Morgan fingerprint density at radius 3 is 2.94 bits per heavy atom. The van der Waals surface area contributed by atoms with Gasteiger partial charge in [0.2, 0.25) is 5.91 Å². The summed E-state index contributed by atoms with van der Waals surface area (Å²) in [4.78, 5) is 13.6. The molecule has 1 heterocycles. The van der Waals surface area contributed by atoms with Crippen LogP contribution in [-0.2, 0) is 20.7 Å². The van der Waals surface area contributed by atoms with Crippen molar-refractivity contribution in [3.05, 3.63) is 29.8 Å². The second kappa shape index (κ2) is 5.48. The Balaban J connectivity index is 2.19. The van der Waals surface area contributed by atoms with E-state index in [-0.39, 0.29) is 18.9 Å². The highest BCUT2D eigenvalue weighted by molar-refractivity contribution is 5.99. The third-order valence-electron chi connectivity index (χ3n) is 3.08. The minimum Gasteiger partial charge on any atom is -0.356 e. The number of amides is 1. The maximum Gasteiger partial charge on any atom is 0.246 e. The Kier molecular flexibility index (Phi) is 3.96. The lowest BCUT2D eigenvalue weighted by Gasteiger charge is -2.32. The van der Waals surface area contributed by atoms with Gasteiger partial charge in [0.25, 0.3) is 0 Å². The third-order valence-corrected chi connectivity index (χ3v) is 3.08. The quantitative estimate of drug-likeness (QED) is 0.805. The van der Waals surface area contributed by atoms with E-state index in [9.17, 15) is 4.79 Å². The van der Waals surface area contributed by atoms with Gasteiger partial charge in [-0.1, -0.05) is 18.2 Å². The molecule has 5 nitrogen and oxygen atoms in total. The molecule has 5 heteroatoms. The molecule has 0 radical (unpaired) electrons. The first-order valence-corrected chi connectivity index (χ1v) is 5.92. The van der Waals surface area contributed by atoms with Crippen LogP contribution in [0.4, 0.5) is 5.69 Å². The minimum atomic E-state index is -0.499. The molecule has 1 aromatic carbocycles. The Bertz CT molecular complexity index is 436. The van der Waals surface area contributed by atoms with Gasteiger partial charge in [-0.05, 0) is 25.0 Å². The first-order chi connectivity index (χ1) is 8.63. The molecule has 0 saturated heterocycles. The monoisotopic (exact) mass is 250 g/mol. The summed E-state index contributed by atoms with van der Waals surface area (Å²) in [5.74, 6) is -0.114. The van der Waals surface area contributed by atoms with E-state index in [0.717, 1.165) is 11.3 Å². The van der Waals surface area contributed by atoms with E-state index in [1.165, 1.54) is 0 Å². The molecule has 0 bridgehead atoms. The van der Waals surface area contributed by atoms with Crippen molar-refractivity contribution >= 4 is 11.6 Å². The van der Waals surface area contributed by atoms with Crippen molar-refractivity contribution < 1.29 is 14.3 Å². The number of rotatable bonds is 4. The predicted octanol–water partition coefficient (Wildman–Crippen LogP) is 0.870. The number of methoxy groups -OCH3 is 1. The molecule has 0 aliphatic carbocycles. The molecule has 18 heavy (non-hydrogen) atoms. The Labute approximate surface area is 106 Å². The zero-order chi connectivity index (χ0) is 13.1. The molecule has 0 aromatic heterocycles. The highest BCUT2D eigenvalue weighted by atomic mass is 16.7. The van der Waals surface area contributed by atoms with Gasteiger partial charge in [-0.15, -0.1) is 0 Å². The van der Waals surface area contributed by atoms with E-state index >= 15 is 0 Å². The van der Waals surface area contributed by atoms with Gasteiger partial charge in [-0.25, -0.2) is 0 Å². The maximum atomic E-state index is 12.1. The number of para-hydroxylation sites is 1. The Morgan fingerprint density at radius 2 is 2.22 bits per heavy atom. The van der Waals surface area contributed by atoms with E-state index in [1.807, 2.05) is 24.3 Å². The van der Waals surface area contributed by atoms with Crippen LogP contribution in [0.5, 0.6) is 0 Å². The van der Waals surface area contributed by atoms with Crippen LogP contribution in [0.15, 0.2) is 24.3 Å². The van der Waals surface area contributed by atoms with Crippen molar-refractivity contribution in [2.45, 2.75) is 25.7 Å². The molecular weight excluding hydrogens is 232 g/mol. The first-order valence-electron chi connectivity index (χ1n) is 5.92. The van der Waals surface area contributed by atoms with Crippen LogP contribution in [0.3, 0.4) is 0 Å². The summed E-state index contributed by atoms with van der Waals surface area (Å²) >= 11 is 0. The third kappa shape index (κ3) is 2.53. The molecule has 1 aromatic rings. The van der Waals surface area contributed by atoms with Gasteiger partial charge in [0.05, 0.1) is 6.04 Å². The highest BCUT2D eigenvalue weighted by Crippen LogP contribution is 2.27. The summed E-state index contributed by atoms with van der Waals surface area (Å²) in [5.41, 5.74) is 7.78. The molecule has 0 fully saturated rings. The van der Waals surface area contributed by atoms with Gasteiger partial charge < -0.3 is 15.2 Å². The first kappa shape index (κ1) is 13.0. The number of carbonyl (C=O) groups is 1. The average Bonchev–Trinajstić information content (AvgIpc) is 2.39. The number of benzene rings is 1. The summed E-state index contributed by atoms with van der Waals surface area (Å²) in [7, 11) is 1.56. The molecule has 98 valence electrons. The van der Waals surface area contributed by atoms with Gasteiger partial charge in [-0.3, -0.25) is 9.69 Å². The summed E-state index contributed by atoms with van der Waals surface area (Å²) in [6.45, 7) is 1.93. The highest BCUT2D eigenvalue weighted by Gasteiger charge is 2.30. The van der Waals surface area contributed by atoms with Crippen molar-refractivity contribution in [1.82, 2.24) is 0 Å². The number of nitrogens with two attached hydrogens (primary N) is 1. The zero-order valence-electron chi connectivity index (χ0n) is 10.6. The summed E-state index contributed by atoms with van der Waals surface area (Å²) < 4.78 is 10.4. The minimum absolute atomic E-state index is 0.114. The Hall–Kier alpha value is -1.43. The van der Waals surface area contributed by atoms with Crippen LogP contribution in [0.25, 0.3) is 0 Å². The number of hydrogen-bond donors (Lipinski definition) is 1. The van der Waals surface area contributed by atoms with E-state index < -0.39 is 6.04 Å². The van der Waals surface area contributed by atoms with E-state index in [0.29, 0.717) is 6.42 Å². The molecule has 2 unspecified atom stereocenters. The molecule has 1 amide bonds. The molecule has 1 aliphatic heterocycles. The maximum absolute atomic E-state index is 12.1. The lowest BCUT2D eigenvalue weighted by atomic mass is 9.98. The van der Waals surface area contributed by atoms with Crippen molar-refractivity contribution in [1.29, 1.82) is 0 Å². The number of hydrogen-bond acceptors (Lipinski definition) is 4. The molecule has 2 rings (SSSR count). The van der Waals surface area contributed by atoms with Crippen molar-refractivity contribution in [2.24, 2.45) is 5.73 Å². The SMILES string of the molecule is COC(C)OCN1C(=O)C(N)Cc2ccccc21. The fraction of sp³-hybridized carbons (Fsp3) is 0.462. The zero-order valence-corrected chi connectivity index (χ0v) is 10.6. The van der Waals surface area contributed by atoms with E-state index in [1.54, 1.807) is 18.9 Å². The standard InChI is InChI=1S/C13H18N2O3/c1-9(17-2)18-8-15-12-6-4-3-5-10(12)7-11(14)13(15)16/h3-6,9,11H,7-8,14H2,1-2H3. The summed E-state index contributed by atoms with van der Waals surface area (Å²) in [6, 6.07) is 7.23. The van der Waals surface area contributed by atoms with Crippen LogP contribution in [0.1, 0.15) is 12.5 Å². The average molecular weight is 250 g/mol. The van der Waals surface area contributed by atoms with Crippen molar-refractivity contribution in [3.8, 4) is 0 Å². The Morgan fingerprint density at radius 1 is 1.50 bits per heavy atom. The normalized spacial score (nSPS) is 20.7. The van der Waals surface area contributed by atoms with E-state index in [2.05, 4.69) is 0 Å². The van der Waals surface area contributed by atoms with Crippen LogP contribution >= 0.6 is 0 Å². The van der Waals surface area contributed by atoms with Crippen LogP contribution in [0, 0.1) is 0 Å². The molecule has 0 spiro atoms. The second-order valence-corrected chi connectivity index (χ2v) is 4.30. The van der Waals surface area contributed by atoms with Gasteiger partial charge in [0.15, 0.2) is 6.29 Å². The predicted molar refractivity (Wildman–Crippen MR) is 68.0 cm³/mol. The van der Waals surface area contributed by atoms with Crippen molar-refractivity contribution in [3.63, 3.8) is 0 Å². The van der Waals surface area contributed by atoms with Gasteiger partial charge in [-0.2, -0.15) is 0 Å². The van der Waals surface area contributed by atoms with Crippen molar-refractivity contribution in [2.75, 3.05) is 18.7 Å². The molecule has 0 saturated carbocycles. The topological polar surface area (TPSA) is 64.8 Å². The lowest BCUT2D eigenvalue weighted by Crippen LogP contribution is -2.50. The molecule has 2 atom stereocenters. The lowest BCUT2D eigenvalue weighted by molar-refractivity contribution is -0.129. The number of fused-ring (bicyclic) bond motifs is 1. The number of nitrogens with zero attached hydrogens (tertiary/aromatic N) is 1. The van der Waals surface area contributed by atoms with Gasteiger partial charge in [0.1, 0.15) is 6.73 Å². The smallest absolute Gasteiger partial charge is 0.246 e. The van der Waals surface area contributed by atoms with Gasteiger partial charge >= 0.3 is 0 Å². The van der Waals surface area contributed by atoms with Crippen LogP contribution < -0.4 is 10.6 Å². The molecule has 2 N–H and O–H groups in total. The summed E-state index contributed by atoms with van der Waals surface area (Å²) in [5, 5.41) is 0. The largest absolute Gasteiger partial charge is 0.356 e. The molecule has 1 aliphatic rings. The number of ether oxygens (including phenoxy) is 2. The fourth-order valence-electron chi connectivity index (χ4n) is 1.97. The van der Waals surface area contributed by atoms with Crippen LogP contribution in [-0.4, -0.2) is 32.1 Å². The fourth-order valence-corrected chi connectivity index (χ4v) is 1.97. The second-order valence-electron chi connectivity index (χ2n) is 4.30.